The fourth-order valence-corrected chi connectivity index (χ4v) is 3.18. The molecule has 1 aliphatic heterocycles. The number of hydrogen-bond donors (Lipinski definition) is 1. The predicted molar refractivity (Wildman–Crippen MR) is 96.0 cm³/mol. The quantitative estimate of drug-likeness (QED) is 0.467. The third-order valence-electron chi connectivity index (χ3n) is 3.87. The second kappa shape index (κ2) is 6.68. The molecule has 0 bridgehead atoms. The number of halogens is 1. The highest BCUT2D eigenvalue weighted by Gasteiger charge is 2.37. The first-order valence-electron chi connectivity index (χ1n) is 7.48. The number of rotatable bonds is 4. The van der Waals surface area contributed by atoms with Crippen LogP contribution in [-0.4, -0.2) is 34.1 Å². The molecule has 2 aromatic rings. The van der Waals surface area contributed by atoms with Crippen molar-refractivity contribution in [3.05, 3.63) is 67.7 Å². The summed E-state index contributed by atoms with van der Waals surface area (Å²) in [5.41, 5.74) is 1.18. The van der Waals surface area contributed by atoms with Gasteiger partial charge < -0.3 is 5.32 Å². The highest BCUT2D eigenvalue weighted by atomic mass is 79.9. The molecule has 1 aliphatic rings. The number of nitrogens with zero attached hydrogens (tertiary/aromatic N) is 2. The summed E-state index contributed by atoms with van der Waals surface area (Å²) in [6, 6.07) is 8.74. The molecule has 0 saturated heterocycles. The molecule has 132 valence electrons. The third-order valence-corrected chi connectivity index (χ3v) is 4.52. The van der Waals surface area contributed by atoms with Crippen molar-refractivity contribution in [2.45, 2.75) is 6.92 Å². The van der Waals surface area contributed by atoms with Gasteiger partial charge >= 0.3 is 0 Å². The summed E-state index contributed by atoms with van der Waals surface area (Å²) in [5.74, 6) is -1.94. The number of nitro groups is 1. The summed E-state index contributed by atoms with van der Waals surface area (Å²) >= 11 is 3.33. The molecule has 0 spiro atoms. The second-order valence-corrected chi connectivity index (χ2v) is 6.57. The van der Waals surface area contributed by atoms with Crippen LogP contribution < -0.4 is 5.32 Å². The van der Waals surface area contributed by atoms with Crippen LogP contribution >= 0.6 is 15.9 Å². The largest absolute Gasteiger partial charge is 0.324 e. The summed E-state index contributed by atoms with van der Waals surface area (Å²) < 4.78 is 0.670. The van der Waals surface area contributed by atoms with Crippen molar-refractivity contribution in [3.63, 3.8) is 0 Å². The van der Waals surface area contributed by atoms with Gasteiger partial charge in [-0.2, -0.15) is 0 Å². The van der Waals surface area contributed by atoms with Crippen molar-refractivity contribution < 1.29 is 19.3 Å². The van der Waals surface area contributed by atoms with E-state index in [0.29, 0.717) is 10.2 Å². The van der Waals surface area contributed by atoms with Gasteiger partial charge in [-0.25, -0.2) is 0 Å². The van der Waals surface area contributed by atoms with E-state index in [1.165, 1.54) is 6.07 Å². The average Bonchev–Trinajstić information content (AvgIpc) is 2.82. The van der Waals surface area contributed by atoms with Gasteiger partial charge in [-0.1, -0.05) is 6.07 Å². The molecule has 0 fully saturated rings. The van der Waals surface area contributed by atoms with Crippen LogP contribution in [0.2, 0.25) is 0 Å². The molecule has 0 unspecified atom stereocenters. The van der Waals surface area contributed by atoms with Crippen molar-refractivity contribution in [2.24, 2.45) is 0 Å². The maximum absolute atomic E-state index is 12.4. The molecule has 0 saturated carbocycles. The van der Waals surface area contributed by atoms with Gasteiger partial charge in [-0.3, -0.25) is 29.4 Å². The van der Waals surface area contributed by atoms with E-state index in [4.69, 9.17) is 0 Å². The van der Waals surface area contributed by atoms with Crippen LogP contribution in [0.5, 0.6) is 0 Å². The smallest absolute Gasteiger partial charge is 0.270 e. The van der Waals surface area contributed by atoms with E-state index < -0.39 is 29.2 Å². The standard InChI is InChI=1S/C17H12BrN3O5/c1-9-2-5-14(13(18)6-9)19-15(22)8-20-16(23)11-4-3-10(21(25)26)7-12(11)17(20)24/h2-7H,8H2,1H3,(H,19,22). The first-order valence-corrected chi connectivity index (χ1v) is 8.28. The maximum Gasteiger partial charge on any atom is 0.270 e. The summed E-state index contributed by atoms with van der Waals surface area (Å²) in [7, 11) is 0. The normalized spacial score (nSPS) is 12.9. The Hall–Kier alpha value is -3.07. The van der Waals surface area contributed by atoms with E-state index in [1.807, 2.05) is 19.1 Å². The van der Waals surface area contributed by atoms with Crippen LogP contribution in [0.25, 0.3) is 0 Å². The summed E-state index contributed by atoms with van der Waals surface area (Å²) in [4.78, 5) is 47.9. The van der Waals surface area contributed by atoms with Crippen molar-refractivity contribution in [3.8, 4) is 0 Å². The van der Waals surface area contributed by atoms with Gasteiger partial charge in [-0.05, 0) is 46.6 Å². The molecule has 0 radical (unpaired) electrons. The first kappa shape index (κ1) is 17.7. The Balaban J connectivity index is 1.78. The Bertz CT molecular complexity index is 973. The minimum absolute atomic E-state index is 0.0462. The summed E-state index contributed by atoms with van der Waals surface area (Å²) in [5, 5.41) is 13.5. The number of nitrogens with one attached hydrogen (secondary N) is 1. The fourth-order valence-electron chi connectivity index (χ4n) is 2.59. The zero-order chi connectivity index (χ0) is 19.0. The van der Waals surface area contributed by atoms with Gasteiger partial charge in [-0.15, -0.1) is 0 Å². The number of non-ortho nitro benzene ring substituents is 1. The number of fused-ring (bicyclic) bond motifs is 1. The minimum atomic E-state index is -0.730. The van der Waals surface area contributed by atoms with E-state index in [2.05, 4.69) is 21.2 Å². The first-order chi connectivity index (χ1) is 12.3. The molecular weight excluding hydrogens is 406 g/mol. The lowest BCUT2D eigenvalue weighted by Gasteiger charge is -2.14. The molecule has 26 heavy (non-hydrogen) atoms. The average molecular weight is 418 g/mol. The van der Waals surface area contributed by atoms with Crippen molar-refractivity contribution >= 4 is 45.0 Å². The van der Waals surface area contributed by atoms with Crippen LogP contribution in [-0.2, 0) is 4.79 Å². The predicted octanol–water partition coefficient (Wildman–Crippen LogP) is 2.90. The Labute approximate surface area is 156 Å². The molecule has 8 nitrogen and oxygen atoms in total. The molecule has 3 rings (SSSR count). The number of carbonyl (C=O) groups excluding carboxylic acids is 3. The van der Waals surface area contributed by atoms with Crippen LogP contribution in [0, 0.1) is 17.0 Å². The monoisotopic (exact) mass is 417 g/mol. The number of imide groups is 1. The Morgan fingerprint density at radius 3 is 2.50 bits per heavy atom. The number of nitro benzene ring substituents is 1. The SMILES string of the molecule is Cc1ccc(NC(=O)CN2C(=O)c3ccc([N+](=O)[O-])cc3C2=O)c(Br)c1. The van der Waals surface area contributed by atoms with Gasteiger partial charge in [0.15, 0.2) is 0 Å². The summed E-state index contributed by atoms with van der Waals surface area (Å²) in [6.07, 6.45) is 0. The lowest BCUT2D eigenvalue weighted by Crippen LogP contribution is -2.37. The number of hydrogen-bond acceptors (Lipinski definition) is 5. The van der Waals surface area contributed by atoms with Crippen molar-refractivity contribution in [1.29, 1.82) is 0 Å². The van der Waals surface area contributed by atoms with Crippen LogP contribution in [0.15, 0.2) is 40.9 Å². The number of benzene rings is 2. The number of anilines is 1. The molecule has 2 aromatic carbocycles. The molecule has 0 aromatic heterocycles. The van der Waals surface area contributed by atoms with E-state index in [0.717, 1.165) is 22.6 Å². The topological polar surface area (TPSA) is 110 Å². The molecule has 3 amide bonds. The van der Waals surface area contributed by atoms with Crippen LogP contribution in [0.4, 0.5) is 11.4 Å². The molecule has 0 aliphatic carbocycles. The van der Waals surface area contributed by atoms with E-state index in [-0.39, 0.29) is 16.8 Å². The van der Waals surface area contributed by atoms with Gasteiger partial charge in [0, 0.05) is 16.6 Å². The van der Waals surface area contributed by atoms with Crippen molar-refractivity contribution in [2.75, 3.05) is 11.9 Å². The number of amides is 3. The van der Waals surface area contributed by atoms with E-state index >= 15 is 0 Å². The Kier molecular flexibility index (Phi) is 4.56. The van der Waals surface area contributed by atoms with Crippen LogP contribution in [0.3, 0.4) is 0 Å². The fraction of sp³-hybridized carbons (Fsp3) is 0.118. The highest BCUT2D eigenvalue weighted by molar-refractivity contribution is 9.10. The van der Waals surface area contributed by atoms with Gasteiger partial charge in [0.05, 0.1) is 21.7 Å². The van der Waals surface area contributed by atoms with E-state index in [9.17, 15) is 24.5 Å². The molecular formula is C17H12BrN3O5. The second-order valence-electron chi connectivity index (χ2n) is 5.71. The lowest BCUT2D eigenvalue weighted by atomic mass is 10.1. The zero-order valence-electron chi connectivity index (χ0n) is 13.5. The number of carbonyl (C=O) groups is 3. The van der Waals surface area contributed by atoms with Gasteiger partial charge in [0.2, 0.25) is 5.91 Å². The Morgan fingerprint density at radius 1 is 1.15 bits per heavy atom. The lowest BCUT2D eigenvalue weighted by molar-refractivity contribution is -0.384. The molecule has 1 N–H and O–H groups in total. The maximum atomic E-state index is 12.4. The van der Waals surface area contributed by atoms with Crippen LogP contribution in [0.1, 0.15) is 26.3 Å². The van der Waals surface area contributed by atoms with Crippen molar-refractivity contribution in [1.82, 2.24) is 4.90 Å². The van der Waals surface area contributed by atoms with Gasteiger partial charge in [0.1, 0.15) is 6.54 Å². The molecule has 0 atom stereocenters. The highest BCUT2D eigenvalue weighted by Crippen LogP contribution is 2.27. The molecule has 1 heterocycles. The third kappa shape index (κ3) is 3.21. The minimum Gasteiger partial charge on any atom is -0.324 e. The number of aryl methyl sites for hydroxylation is 1. The molecule has 9 heteroatoms. The van der Waals surface area contributed by atoms with E-state index in [1.54, 1.807) is 6.07 Å². The zero-order valence-corrected chi connectivity index (χ0v) is 15.1. The Morgan fingerprint density at radius 2 is 1.85 bits per heavy atom. The van der Waals surface area contributed by atoms with Gasteiger partial charge in [0.25, 0.3) is 17.5 Å². The summed E-state index contributed by atoms with van der Waals surface area (Å²) in [6.45, 7) is 1.41.